The molecule has 0 aromatic rings. The van der Waals surface area contributed by atoms with Crippen molar-refractivity contribution in [2.45, 2.75) is 78.2 Å². The molecule has 0 unspecified atom stereocenters. The highest BCUT2D eigenvalue weighted by Crippen LogP contribution is 2.35. The van der Waals surface area contributed by atoms with Crippen molar-refractivity contribution >= 4 is 17.7 Å². The van der Waals surface area contributed by atoms with Gasteiger partial charge in [0.1, 0.15) is 11.8 Å². The third-order valence-electron chi connectivity index (χ3n) is 5.11. The minimum Gasteiger partial charge on any atom is -0.480 e. The summed E-state index contributed by atoms with van der Waals surface area (Å²) in [5.74, 6) is -1.00. The van der Waals surface area contributed by atoms with Gasteiger partial charge >= 0.3 is 5.97 Å². The van der Waals surface area contributed by atoms with Crippen molar-refractivity contribution in [1.82, 2.24) is 5.32 Å². The first-order chi connectivity index (χ1) is 10.9. The Morgan fingerprint density at radius 1 is 1.30 bits per heavy atom. The Morgan fingerprint density at radius 3 is 2.57 bits per heavy atom. The second-order valence-electron chi connectivity index (χ2n) is 6.84. The van der Waals surface area contributed by atoms with Gasteiger partial charge in [-0.1, -0.05) is 46.5 Å². The molecular weight excluding hydrogens is 294 g/mol. The summed E-state index contributed by atoms with van der Waals surface area (Å²) in [6.07, 6.45) is 6.38. The molecule has 0 bridgehead atoms. The van der Waals surface area contributed by atoms with Gasteiger partial charge < -0.3 is 10.4 Å². The molecule has 0 aliphatic heterocycles. The van der Waals surface area contributed by atoms with Crippen LogP contribution in [0.3, 0.4) is 0 Å². The Kier molecular flexibility index (Phi) is 8.28. The molecule has 1 aliphatic rings. The number of aliphatic carboxylic acids is 1. The second-order valence-corrected chi connectivity index (χ2v) is 6.84. The average molecular weight is 325 g/mol. The van der Waals surface area contributed by atoms with Crippen LogP contribution < -0.4 is 5.32 Å². The summed E-state index contributed by atoms with van der Waals surface area (Å²) in [6.45, 7) is 5.86. The van der Waals surface area contributed by atoms with Gasteiger partial charge in [-0.25, -0.2) is 4.79 Å². The highest BCUT2D eigenvalue weighted by atomic mass is 16.4. The molecule has 132 valence electrons. The number of hydrogen-bond acceptors (Lipinski definition) is 3. The van der Waals surface area contributed by atoms with Crippen LogP contribution in [0.25, 0.3) is 0 Å². The summed E-state index contributed by atoms with van der Waals surface area (Å²) >= 11 is 0. The van der Waals surface area contributed by atoms with Gasteiger partial charge in [0, 0.05) is 18.8 Å². The first kappa shape index (κ1) is 19.7. The summed E-state index contributed by atoms with van der Waals surface area (Å²) < 4.78 is 0. The van der Waals surface area contributed by atoms with Crippen molar-refractivity contribution in [2.75, 3.05) is 0 Å². The number of amides is 1. The highest BCUT2D eigenvalue weighted by molar-refractivity contribution is 5.87. The average Bonchev–Trinajstić information content (AvgIpc) is 2.84. The maximum atomic E-state index is 12.2. The molecule has 5 nitrogen and oxygen atoms in total. The zero-order chi connectivity index (χ0) is 17.4. The highest BCUT2D eigenvalue weighted by Gasteiger charge is 2.36. The zero-order valence-corrected chi connectivity index (χ0v) is 14.6. The van der Waals surface area contributed by atoms with Gasteiger partial charge in [0.2, 0.25) is 5.91 Å². The second kappa shape index (κ2) is 9.68. The lowest BCUT2D eigenvalue weighted by Gasteiger charge is -2.22. The van der Waals surface area contributed by atoms with E-state index in [9.17, 15) is 19.5 Å². The van der Waals surface area contributed by atoms with E-state index >= 15 is 0 Å². The number of unbranched alkanes of at least 4 members (excludes halogenated alkanes) is 2. The molecule has 0 saturated heterocycles. The Bertz CT molecular complexity index is 421. The number of nitrogens with one attached hydrogen (secondary N) is 1. The third kappa shape index (κ3) is 5.96. The van der Waals surface area contributed by atoms with E-state index in [-0.39, 0.29) is 35.9 Å². The molecule has 0 radical (unpaired) electrons. The van der Waals surface area contributed by atoms with Crippen LogP contribution in [0.5, 0.6) is 0 Å². The fraction of sp³-hybridized carbons (Fsp3) is 0.833. The molecule has 0 spiro atoms. The lowest BCUT2D eigenvalue weighted by atomic mass is 9.87. The summed E-state index contributed by atoms with van der Waals surface area (Å²) in [7, 11) is 0. The fourth-order valence-corrected chi connectivity index (χ4v) is 3.39. The van der Waals surface area contributed by atoms with Gasteiger partial charge in [-0.3, -0.25) is 9.59 Å². The van der Waals surface area contributed by atoms with Crippen molar-refractivity contribution in [3.63, 3.8) is 0 Å². The Labute approximate surface area is 139 Å². The lowest BCUT2D eigenvalue weighted by molar-refractivity contribution is -0.143. The maximum absolute atomic E-state index is 12.2. The third-order valence-corrected chi connectivity index (χ3v) is 5.11. The van der Waals surface area contributed by atoms with Crippen LogP contribution in [0.4, 0.5) is 0 Å². The van der Waals surface area contributed by atoms with Crippen LogP contribution >= 0.6 is 0 Å². The van der Waals surface area contributed by atoms with E-state index in [4.69, 9.17) is 0 Å². The van der Waals surface area contributed by atoms with Crippen LogP contribution in [-0.2, 0) is 14.4 Å². The number of rotatable bonds is 10. The largest absolute Gasteiger partial charge is 0.480 e. The molecule has 1 aliphatic carbocycles. The van der Waals surface area contributed by atoms with E-state index < -0.39 is 12.0 Å². The maximum Gasteiger partial charge on any atom is 0.326 e. The number of Topliss-reactive ketones (excluding diaryl/α,β-unsaturated/α-hetero) is 1. The van der Waals surface area contributed by atoms with Crippen LogP contribution in [-0.4, -0.2) is 28.8 Å². The molecule has 1 amide bonds. The Morgan fingerprint density at radius 2 is 2.00 bits per heavy atom. The lowest BCUT2D eigenvalue weighted by Crippen LogP contribution is -2.45. The van der Waals surface area contributed by atoms with Gasteiger partial charge in [-0.15, -0.1) is 0 Å². The van der Waals surface area contributed by atoms with E-state index in [1.165, 1.54) is 0 Å². The number of ketones is 1. The van der Waals surface area contributed by atoms with E-state index in [1.54, 1.807) is 0 Å². The normalized spacial score (nSPS) is 23.5. The summed E-state index contributed by atoms with van der Waals surface area (Å²) in [4.78, 5) is 35.5. The number of hydrogen-bond donors (Lipinski definition) is 2. The first-order valence-electron chi connectivity index (χ1n) is 8.95. The predicted molar refractivity (Wildman–Crippen MR) is 89.0 cm³/mol. The standard InChI is InChI=1S/C18H31NO4/c1-4-6-7-8-14-13(9-10-15(14)20)11-16(21)19-17(18(22)23)12(3)5-2/h12-14,17H,4-11H2,1-3H3,(H,19,21)(H,22,23)/t12-,13+,14+,17-/m0/s1. The fourth-order valence-electron chi connectivity index (χ4n) is 3.39. The zero-order valence-electron chi connectivity index (χ0n) is 14.6. The molecule has 4 atom stereocenters. The molecule has 0 aromatic carbocycles. The van der Waals surface area contributed by atoms with Crippen LogP contribution in [0.2, 0.25) is 0 Å². The summed E-state index contributed by atoms with van der Waals surface area (Å²) in [5, 5.41) is 11.9. The SMILES string of the molecule is CCCCC[C@H]1C(=O)CC[C@@H]1CC(=O)N[C@H](C(=O)O)[C@@H](C)CC. The number of carboxylic acid groups (broad SMARTS) is 1. The number of carbonyl (C=O) groups excluding carboxylic acids is 2. The van der Waals surface area contributed by atoms with Gasteiger partial charge in [-0.05, 0) is 24.7 Å². The van der Waals surface area contributed by atoms with Gasteiger partial charge in [0.25, 0.3) is 0 Å². The number of carboxylic acids is 1. The molecule has 5 heteroatoms. The van der Waals surface area contributed by atoms with E-state index in [1.807, 2.05) is 13.8 Å². The van der Waals surface area contributed by atoms with Crippen molar-refractivity contribution < 1.29 is 19.5 Å². The van der Waals surface area contributed by atoms with Crippen molar-refractivity contribution in [1.29, 1.82) is 0 Å². The van der Waals surface area contributed by atoms with Crippen molar-refractivity contribution in [3.05, 3.63) is 0 Å². The summed E-state index contributed by atoms with van der Waals surface area (Å²) in [6, 6.07) is -0.844. The smallest absolute Gasteiger partial charge is 0.326 e. The predicted octanol–water partition coefficient (Wildman–Crippen LogP) is 3.17. The molecule has 1 saturated carbocycles. The van der Waals surface area contributed by atoms with E-state index in [2.05, 4.69) is 12.2 Å². The van der Waals surface area contributed by atoms with Crippen LogP contribution in [0.15, 0.2) is 0 Å². The molecule has 2 N–H and O–H groups in total. The number of carbonyl (C=O) groups is 3. The topological polar surface area (TPSA) is 83.5 Å². The van der Waals surface area contributed by atoms with E-state index in [0.717, 1.165) is 32.1 Å². The minimum atomic E-state index is -0.991. The molecular formula is C18H31NO4. The van der Waals surface area contributed by atoms with E-state index in [0.29, 0.717) is 12.8 Å². The van der Waals surface area contributed by atoms with Crippen molar-refractivity contribution in [2.24, 2.45) is 17.8 Å². The first-order valence-corrected chi connectivity index (χ1v) is 8.95. The minimum absolute atomic E-state index is 0.0147. The molecule has 0 aromatic heterocycles. The molecule has 1 rings (SSSR count). The van der Waals surface area contributed by atoms with Crippen molar-refractivity contribution in [3.8, 4) is 0 Å². The Balaban J connectivity index is 2.57. The quantitative estimate of drug-likeness (QED) is 0.604. The van der Waals surface area contributed by atoms with Gasteiger partial charge in [-0.2, -0.15) is 0 Å². The van der Waals surface area contributed by atoms with Crippen LogP contribution in [0.1, 0.15) is 72.1 Å². The molecule has 1 fully saturated rings. The monoisotopic (exact) mass is 325 g/mol. The summed E-state index contributed by atoms with van der Waals surface area (Å²) in [5.41, 5.74) is 0. The van der Waals surface area contributed by atoms with Gasteiger partial charge in [0.15, 0.2) is 0 Å². The molecule has 23 heavy (non-hydrogen) atoms. The Hall–Kier alpha value is -1.39. The van der Waals surface area contributed by atoms with Gasteiger partial charge in [0.05, 0.1) is 0 Å². The molecule has 0 heterocycles. The van der Waals surface area contributed by atoms with Crippen LogP contribution in [0, 0.1) is 17.8 Å².